The van der Waals surface area contributed by atoms with Gasteiger partial charge in [0.2, 0.25) is 0 Å². The fraction of sp³-hybridized carbons (Fsp3) is 0.381. The molecule has 0 bridgehead atoms. The van der Waals surface area contributed by atoms with Crippen molar-refractivity contribution in [3.05, 3.63) is 64.4 Å². The summed E-state index contributed by atoms with van der Waals surface area (Å²) in [6.45, 7) is 6.39. The van der Waals surface area contributed by atoms with Gasteiger partial charge < -0.3 is 14.7 Å². The van der Waals surface area contributed by atoms with Gasteiger partial charge in [0.05, 0.1) is 26.2 Å². The highest BCUT2D eigenvalue weighted by Gasteiger charge is 2.24. The number of nitrogens with zero attached hydrogens (tertiary/aromatic N) is 2. The van der Waals surface area contributed by atoms with Crippen LogP contribution in [0.1, 0.15) is 11.1 Å². The first kappa shape index (κ1) is 19.6. The molecule has 1 aliphatic rings. The number of likely N-dealkylation sites (N-methyl/N-ethyl adjacent to an activating group) is 1. The minimum atomic E-state index is -0.269. The van der Waals surface area contributed by atoms with Crippen LogP contribution in [0.15, 0.2) is 42.5 Å². The fourth-order valence-electron chi connectivity index (χ4n) is 3.48. The van der Waals surface area contributed by atoms with Crippen LogP contribution in [-0.4, -0.2) is 50.6 Å². The fourth-order valence-corrected chi connectivity index (χ4v) is 3.65. The van der Waals surface area contributed by atoms with Crippen LogP contribution in [0.4, 0.5) is 10.1 Å². The molecule has 0 aliphatic carbocycles. The second-order valence-electron chi connectivity index (χ2n) is 7.19. The van der Waals surface area contributed by atoms with Gasteiger partial charge in [0.1, 0.15) is 5.82 Å². The van der Waals surface area contributed by atoms with Crippen molar-refractivity contribution < 1.29 is 14.1 Å². The van der Waals surface area contributed by atoms with Gasteiger partial charge in [0.15, 0.2) is 6.54 Å². The van der Waals surface area contributed by atoms with Gasteiger partial charge in [-0.3, -0.25) is 4.79 Å². The van der Waals surface area contributed by atoms with Gasteiger partial charge in [0, 0.05) is 29.9 Å². The first-order valence-electron chi connectivity index (χ1n) is 9.26. The Labute approximate surface area is 165 Å². The van der Waals surface area contributed by atoms with Crippen LogP contribution in [0.5, 0.6) is 0 Å². The highest BCUT2D eigenvalue weighted by molar-refractivity contribution is 6.30. The molecule has 2 aromatic carbocycles. The molecule has 4 nitrogen and oxygen atoms in total. The lowest BCUT2D eigenvalue weighted by molar-refractivity contribution is -0.892. The van der Waals surface area contributed by atoms with E-state index in [1.54, 1.807) is 30.1 Å². The van der Waals surface area contributed by atoms with E-state index in [4.69, 9.17) is 11.6 Å². The summed E-state index contributed by atoms with van der Waals surface area (Å²) < 4.78 is 13.8. The number of nitrogens with one attached hydrogen (secondary N) is 1. The average molecular weight is 391 g/mol. The van der Waals surface area contributed by atoms with Crippen molar-refractivity contribution in [2.24, 2.45) is 0 Å². The number of rotatable bonds is 5. The van der Waals surface area contributed by atoms with E-state index in [9.17, 15) is 9.18 Å². The van der Waals surface area contributed by atoms with E-state index >= 15 is 0 Å². The number of hydrogen-bond acceptors (Lipinski definition) is 2. The summed E-state index contributed by atoms with van der Waals surface area (Å²) >= 11 is 6.14. The maximum absolute atomic E-state index is 13.8. The third-order valence-electron chi connectivity index (χ3n) is 5.17. The molecule has 0 aromatic heterocycles. The molecule has 2 aromatic rings. The second kappa shape index (κ2) is 8.72. The summed E-state index contributed by atoms with van der Waals surface area (Å²) in [4.78, 5) is 17.7. The minimum absolute atomic E-state index is 0.0423. The molecule has 144 valence electrons. The van der Waals surface area contributed by atoms with E-state index in [2.05, 4.69) is 11.8 Å². The Hall–Kier alpha value is -2.11. The van der Waals surface area contributed by atoms with Crippen LogP contribution in [0.25, 0.3) is 0 Å². The molecule has 0 unspecified atom stereocenters. The lowest BCUT2D eigenvalue weighted by Crippen LogP contribution is -3.15. The van der Waals surface area contributed by atoms with E-state index < -0.39 is 0 Å². The number of aryl methyl sites for hydroxylation is 1. The first-order valence-corrected chi connectivity index (χ1v) is 9.64. The first-order chi connectivity index (χ1) is 12.9. The molecule has 1 fully saturated rings. The van der Waals surface area contributed by atoms with Crippen molar-refractivity contribution >= 4 is 23.2 Å². The summed E-state index contributed by atoms with van der Waals surface area (Å²) in [7, 11) is 1.74. The molecule has 0 spiro atoms. The number of carbonyl (C=O) groups excluding carboxylic acids is 1. The highest BCUT2D eigenvalue weighted by atomic mass is 35.5. The predicted molar refractivity (Wildman–Crippen MR) is 107 cm³/mol. The number of carbonyl (C=O) groups is 1. The maximum Gasteiger partial charge on any atom is 0.277 e. The topological polar surface area (TPSA) is 28.0 Å². The van der Waals surface area contributed by atoms with Crippen molar-refractivity contribution in [2.45, 2.75) is 13.5 Å². The predicted octanol–water partition coefficient (Wildman–Crippen LogP) is 2.15. The summed E-state index contributed by atoms with van der Waals surface area (Å²) in [5, 5.41) is 0.746. The number of amides is 1. The van der Waals surface area contributed by atoms with Crippen LogP contribution in [-0.2, 0) is 11.3 Å². The molecular formula is C21H26ClFN3O+. The zero-order valence-electron chi connectivity index (χ0n) is 15.8. The molecule has 27 heavy (non-hydrogen) atoms. The van der Waals surface area contributed by atoms with E-state index in [1.807, 2.05) is 18.2 Å². The molecule has 1 N–H and O–H groups in total. The van der Waals surface area contributed by atoms with Gasteiger partial charge in [-0.2, -0.15) is 0 Å². The van der Waals surface area contributed by atoms with Gasteiger partial charge in [-0.05, 0) is 30.7 Å². The van der Waals surface area contributed by atoms with Crippen LogP contribution in [0, 0.1) is 12.7 Å². The lowest BCUT2D eigenvalue weighted by Gasteiger charge is -2.34. The average Bonchev–Trinajstić information content (AvgIpc) is 2.66. The molecule has 1 aliphatic heterocycles. The Kier molecular flexibility index (Phi) is 6.34. The molecule has 6 heteroatoms. The monoisotopic (exact) mass is 390 g/mol. The Bertz CT molecular complexity index is 806. The van der Waals surface area contributed by atoms with Crippen molar-refractivity contribution in [2.75, 3.05) is 44.7 Å². The molecule has 1 saturated heterocycles. The third-order valence-corrected chi connectivity index (χ3v) is 5.41. The van der Waals surface area contributed by atoms with E-state index in [0.29, 0.717) is 18.7 Å². The van der Waals surface area contributed by atoms with Crippen molar-refractivity contribution in [3.63, 3.8) is 0 Å². The highest BCUT2D eigenvalue weighted by Crippen LogP contribution is 2.24. The van der Waals surface area contributed by atoms with Gasteiger partial charge >= 0.3 is 0 Å². The summed E-state index contributed by atoms with van der Waals surface area (Å²) in [6, 6.07) is 12.6. The molecule has 3 rings (SSSR count). The zero-order chi connectivity index (χ0) is 19.4. The van der Waals surface area contributed by atoms with Crippen LogP contribution >= 0.6 is 11.6 Å². The summed E-state index contributed by atoms with van der Waals surface area (Å²) in [6.07, 6.45) is 0. The number of quaternary nitrogens is 1. The lowest BCUT2D eigenvalue weighted by atomic mass is 10.1. The molecule has 0 atom stereocenters. The van der Waals surface area contributed by atoms with Crippen molar-refractivity contribution in [1.82, 2.24) is 4.90 Å². The second-order valence-corrected chi connectivity index (χ2v) is 7.62. The molecule has 0 radical (unpaired) electrons. The van der Waals surface area contributed by atoms with Crippen LogP contribution < -0.4 is 9.80 Å². The minimum Gasteiger partial charge on any atom is -0.360 e. The van der Waals surface area contributed by atoms with Crippen molar-refractivity contribution in [3.8, 4) is 0 Å². The number of hydrogen-bond donors (Lipinski definition) is 1. The Balaban J connectivity index is 1.52. The number of benzene rings is 2. The Morgan fingerprint density at radius 1 is 1.22 bits per heavy atom. The molecule has 1 heterocycles. The normalized spacial score (nSPS) is 15.0. The molecular weight excluding hydrogens is 365 g/mol. The molecule has 1 amide bonds. The summed E-state index contributed by atoms with van der Waals surface area (Å²) in [5.41, 5.74) is 2.93. The van der Waals surface area contributed by atoms with E-state index in [-0.39, 0.29) is 11.7 Å². The SMILES string of the molecule is Cc1ccc(Cl)cc1N1CC[NH+](CC(=O)N(C)Cc2ccccc2F)CC1. The van der Waals surface area contributed by atoms with Gasteiger partial charge in [-0.15, -0.1) is 0 Å². The number of piperazine rings is 1. The quantitative estimate of drug-likeness (QED) is 0.847. The molecule has 0 saturated carbocycles. The van der Waals surface area contributed by atoms with Gasteiger partial charge in [0.25, 0.3) is 5.91 Å². The number of halogens is 2. The summed E-state index contributed by atoms with van der Waals surface area (Å²) in [5.74, 6) is -0.226. The van der Waals surface area contributed by atoms with Crippen LogP contribution in [0.3, 0.4) is 0 Å². The number of anilines is 1. The van der Waals surface area contributed by atoms with E-state index in [1.165, 1.54) is 22.2 Å². The largest absolute Gasteiger partial charge is 0.360 e. The van der Waals surface area contributed by atoms with Gasteiger partial charge in [-0.1, -0.05) is 35.9 Å². The van der Waals surface area contributed by atoms with Crippen LogP contribution in [0.2, 0.25) is 5.02 Å². The smallest absolute Gasteiger partial charge is 0.277 e. The Morgan fingerprint density at radius 2 is 1.93 bits per heavy atom. The van der Waals surface area contributed by atoms with Gasteiger partial charge in [-0.25, -0.2) is 4.39 Å². The standard InChI is InChI=1S/C21H25ClFN3O/c1-16-7-8-18(22)13-20(16)26-11-9-25(10-12-26)15-21(27)24(2)14-17-5-3-4-6-19(17)23/h3-8,13H,9-12,14-15H2,1-2H3/p+1. The maximum atomic E-state index is 13.8. The third kappa shape index (κ3) is 4.99. The van der Waals surface area contributed by atoms with Crippen molar-refractivity contribution in [1.29, 1.82) is 0 Å². The van der Waals surface area contributed by atoms with E-state index in [0.717, 1.165) is 31.2 Å². The zero-order valence-corrected chi connectivity index (χ0v) is 16.6. The Morgan fingerprint density at radius 3 is 2.63 bits per heavy atom.